The molecule has 0 aliphatic carbocycles. The van der Waals surface area contributed by atoms with Crippen molar-refractivity contribution in [2.24, 2.45) is 0 Å². The van der Waals surface area contributed by atoms with E-state index in [1.54, 1.807) is 0 Å². The second kappa shape index (κ2) is 10.6. The maximum absolute atomic E-state index is 13.8. The molecule has 186 valence electrons. The third-order valence-corrected chi connectivity index (χ3v) is 37.3. The predicted molar refractivity (Wildman–Crippen MR) is 156 cm³/mol. The number of benzene rings is 3. The van der Waals surface area contributed by atoms with Gasteiger partial charge in [-0.2, -0.15) is 0 Å². The third kappa shape index (κ3) is 6.28. The van der Waals surface area contributed by atoms with E-state index in [0.29, 0.717) is 0 Å². The van der Waals surface area contributed by atoms with Crippen LogP contribution in [0.25, 0.3) is 0 Å². The summed E-state index contributed by atoms with van der Waals surface area (Å²) in [6.45, 7) is 11.8. The standard InChI is InChI=1S/3C6H5.2C5H11NOS.Sb/c3*1-2-4-6-5-3-1;2*1-5(2,3)6-4(7)8;/h3*1-5H;2*1-3H3,(H2,6,7,8);/q;;;;;+2/p-2. The minimum atomic E-state index is -4.99. The molecule has 0 heterocycles. The van der Waals surface area contributed by atoms with E-state index >= 15 is 0 Å². The molecule has 0 saturated heterocycles. The summed E-state index contributed by atoms with van der Waals surface area (Å²) in [5.74, 6) is 0. The molecule has 0 unspecified atom stereocenters. The van der Waals surface area contributed by atoms with Gasteiger partial charge in [0.25, 0.3) is 0 Å². The van der Waals surface area contributed by atoms with Crippen LogP contribution in [0, 0.1) is 0 Å². The molecule has 0 aliphatic rings. The van der Waals surface area contributed by atoms with Crippen LogP contribution in [0.3, 0.4) is 0 Å². The van der Waals surface area contributed by atoms with Crippen LogP contribution >= 0.6 is 17.7 Å². The van der Waals surface area contributed by atoms with Crippen LogP contribution in [-0.2, 0) is 0 Å². The minimum absolute atomic E-state index is 0.132. The van der Waals surface area contributed by atoms with E-state index in [1.165, 1.54) is 17.7 Å². The van der Waals surface area contributed by atoms with Gasteiger partial charge in [0.15, 0.2) is 0 Å². The average Bonchev–Trinajstić information content (AvgIpc) is 2.78. The fraction of sp³-hybridized carbons (Fsp3) is 0.286. The summed E-state index contributed by atoms with van der Waals surface area (Å²) >= 11 is -4.99. The molecule has 7 heteroatoms. The zero-order chi connectivity index (χ0) is 25.8. The molecule has 0 radical (unpaired) electrons. The van der Waals surface area contributed by atoms with E-state index in [1.807, 2.05) is 96.1 Å². The van der Waals surface area contributed by atoms with Crippen LogP contribution < -0.4 is 21.2 Å². The molecule has 0 bridgehead atoms. The van der Waals surface area contributed by atoms with Gasteiger partial charge in [-0.1, -0.05) is 0 Å². The normalized spacial score (nSPS) is 13.4. The SMILES string of the molecule is CC(C)(C)NC(=O)[S][Sb]([S]C(=O)NC(C)(C)C)([c]1ccccc1)([c]1ccccc1)[c]1ccccc1. The Morgan fingerprint density at radius 2 is 0.800 bits per heavy atom. The van der Waals surface area contributed by atoms with Gasteiger partial charge in [-0.05, 0) is 0 Å². The fourth-order valence-electron chi connectivity index (χ4n) is 3.85. The van der Waals surface area contributed by atoms with Crippen LogP contribution in [-0.4, -0.2) is 36.2 Å². The molecule has 4 nitrogen and oxygen atoms in total. The van der Waals surface area contributed by atoms with Crippen molar-refractivity contribution in [3.63, 3.8) is 0 Å². The van der Waals surface area contributed by atoms with Gasteiger partial charge in [0.2, 0.25) is 0 Å². The first kappa shape index (κ1) is 27.7. The fourth-order valence-corrected chi connectivity index (χ4v) is 34.8. The summed E-state index contributed by atoms with van der Waals surface area (Å²) in [4.78, 5) is 27.6. The van der Waals surface area contributed by atoms with Crippen molar-refractivity contribution in [3.8, 4) is 0 Å². The molecule has 0 spiro atoms. The van der Waals surface area contributed by atoms with E-state index < -0.39 is 25.7 Å². The number of carbonyl (C=O) groups is 2. The molecule has 0 aromatic heterocycles. The number of hydrogen-bond donors (Lipinski definition) is 2. The first-order chi connectivity index (χ1) is 16.4. The monoisotopic (exact) mass is 616 g/mol. The first-order valence-electron chi connectivity index (χ1n) is 11.6. The quantitative estimate of drug-likeness (QED) is 0.367. The average molecular weight is 617 g/mol. The van der Waals surface area contributed by atoms with Crippen molar-refractivity contribution in [1.29, 1.82) is 0 Å². The molecule has 35 heavy (non-hydrogen) atoms. The zero-order valence-corrected chi connectivity index (χ0v) is 25.4. The Bertz CT molecular complexity index is 1020. The topological polar surface area (TPSA) is 58.2 Å². The van der Waals surface area contributed by atoms with E-state index in [9.17, 15) is 9.59 Å². The second-order valence-corrected chi connectivity index (χ2v) is 35.9. The van der Waals surface area contributed by atoms with Crippen molar-refractivity contribution < 1.29 is 9.59 Å². The number of hydrogen-bond acceptors (Lipinski definition) is 4. The third-order valence-electron chi connectivity index (χ3n) is 5.14. The van der Waals surface area contributed by atoms with Gasteiger partial charge in [0.05, 0.1) is 0 Å². The summed E-state index contributed by atoms with van der Waals surface area (Å²) < 4.78 is 3.09. The van der Waals surface area contributed by atoms with Crippen molar-refractivity contribution in [2.45, 2.75) is 52.6 Å². The van der Waals surface area contributed by atoms with Crippen molar-refractivity contribution in [2.75, 3.05) is 0 Å². The van der Waals surface area contributed by atoms with Crippen LogP contribution in [0.1, 0.15) is 41.5 Å². The molecule has 0 saturated carbocycles. The van der Waals surface area contributed by atoms with Gasteiger partial charge in [-0.25, -0.2) is 0 Å². The molecule has 2 N–H and O–H groups in total. The van der Waals surface area contributed by atoms with Crippen LogP contribution in [0.4, 0.5) is 9.59 Å². The summed E-state index contributed by atoms with van der Waals surface area (Å²) in [5.41, 5.74) is -0.826. The number of amides is 2. The number of rotatable bonds is 5. The molecular weight excluding hydrogens is 582 g/mol. The van der Waals surface area contributed by atoms with Gasteiger partial charge >= 0.3 is 217 Å². The van der Waals surface area contributed by atoms with E-state index in [4.69, 9.17) is 0 Å². The number of nitrogens with one attached hydrogen (secondary N) is 2. The molecule has 0 aliphatic heterocycles. The summed E-state index contributed by atoms with van der Waals surface area (Å²) in [6, 6.07) is 30.4. The van der Waals surface area contributed by atoms with E-state index in [2.05, 4.69) is 47.0 Å². The summed E-state index contributed by atoms with van der Waals surface area (Å²) in [5, 5.41) is 6.05. The van der Waals surface area contributed by atoms with Crippen LogP contribution in [0.5, 0.6) is 0 Å². The Morgan fingerprint density at radius 1 is 0.543 bits per heavy atom. The molecular formula is C28H35N2O2S2Sb. The van der Waals surface area contributed by atoms with Gasteiger partial charge < -0.3 is 0 Å². The molecule has 0 fully saturated rings. The van der Waals surface area contributed by atoms with Gasteiger partial charge in [-0.3, -0.25) is 0 Å². The number of carbonyl (C=O) groups excluding carboxylic acids is 2. The van der Waals surface area contributed by atoms with Gasteiger partial charge in [-0.15, -0.1) is 0 Å². The Kier molecular flexibility index (Phi) is 8.40. The van der Waals surface area contributed by atoms with Crippen molar-refractivity contribution >= 4 is 53.3 Å². The Labute approximate surface area is 215 Å². The van der Waals surface area contributed by atoms with E-state index in [-0.39, 0.29) is 10.5 Å². The second-order valence-electron chi connectivity index (χ2n) is 10.5. The predicted octanol–water partition coefficient (Wildman–Crippen LogP) is 5.59. The Hall–Kier alpha value is -1.88. The van der Waals surface area contributed by atoms with Gasteiger partial charge in [0.1, 0.15) is 0 Å². The Morgan fingerprint density at radius 3 is 1.03 bits per heavy atom. The zero-order valence-electron chi connectivity index (χ0n) is 21.2. The van der Waals surface area contributed by atoms with Gasteiger partial charge in [0, 0.05) is 0 Å². The Balaban J connectivity index is 2.44. The molecule has 2 amide bonds. The van der Waals surface area contributed by atoms with Crippen molar-refractivity contribution in [1.82, 2.24) is 10.6 Å². The maximum atomic E-state index is 13.8. The molecule has 3 rings (SSSR count). The summed E-state index contributed by atoms with van der Waals surface area (Å²) in [6.07, 6.45) is 0. The van der Waals surface area contributed by atoms with Crippen LogP contribution in [0.15, 0.2) is 91.0 Å². The molecule has 0 atom stereocenters. The van der Waals surface area contributed by atoms with Crippen LogP contribution in [0.2, 0.25) is 0 Å². The molecule has 3 aromatic carbocycles. The summed E-state index contributed by atoms with van der Waals surface area (Å²) in [7, 11) is 2.67. The first-order valence-corrected chi connectivity index (χ1v) is 23.2. The molecule has 3 aromatic rings. The van der Waals surface area contributed by atoms with E-state index in [0.717, 1.165) is 10.5 Å². The van der Waals surface area contributed by atoms with Crippen molar-refractivity contribution in [3.05, 3.63) is 91.0 Å².